The highest BCUT2D eigenvalue weighted by atomic mass is 32.2. The molecule has 38 heavy (non-hydrogen) atoms. The Balaban J connectivity index is 1.96. The normalized spacial score (nSPS) is 12.0. The van der Waals surface area contributed by atoms with Gasteiger partial charge < -0.3 is 14.2 Å². The summed E-state index contributed by atoms with van der Waals surface area (Å²) in [5.74, 6) is 3.06. The molecule has 6 heteroatoms. The van der Waals surface area contributed by atoms with Crippen molar-refractivity contribution in [3.8, 4) is 11.5 Å². The number of ether oxygens (including phenoxy) is 3. The zero-order valence-corrected chi connectivity index (χ0v) is 25.1. The number of carbonyl (C=O) groups is 2. The van der Waals surface area contributed by atoms with Crippen LogP contribution >= 0.6 is 11.8 Å². The molecule has 0 unspecified atom stereocenters. The smallest absolute Gasteiger partial charge is 0.350 e. The van der Waals surface area contributed by atoms with Crippen LogP contribution in [0.1, 0.15) is 87.9 Å². The first-order chi connectivity index (χ1) is 17.8. The zero-order valence-electron chi connectivity index (χ0n) is 24.3. The summed E-state index contributed by atoms with van der Waals surface area (Å²) in [5.41, 5.74) is 1.50. The molecule has 2 aromatic carbocycles. The maximum absolute atomic E-state index is 12.7. The van der Waals surface area contributed by atoms with Gasteiger partial charge in [-0.15, -0.1) is 0 Å². The Morgan fingerprint density at radius 3 is 2.13 bits per heavy atom. The van der Waals surface area contributed by atoms with E-state index in [0.717, 1.165) is 28.2 Å². The predicted molar refractivity (Wildman–Crippen MR) is 159 cm³/mol. The van der Waals surface area contributed by atoms with Crippen LogP contribution in [-0.4, -0.2) is 41.1 Å². The SMILES string of the molecule is CCCCCSCCOc1ccc(C(=O)/C=C/c2cc(C)c(OC(C)(C)C(=O)OC(C)(C)C)c(C)c2)cc1. The van der Waals surface area contributed by atoms with Gasteiger partial charge in [-0.25, -0.2) is 4.79 Å². The minimum absolute atomic E-state index is 0.0790. The molecule has 0 amide bonds. The fraction of sp³-hybridized carbons (Fsp3) is 0.500. The number of unbranched alkanes of at least 4 members (excludes halogenated alkanes) is 2. The summed E-state index contributed by atoms with van der Waals surface area (Å²) < 4.78 is 17.4. The van der Waals surface area contributed by atoms with Crippen molar-refractivity contribution in [3.63, 3.8) is 0 Å². The number of esters is 1. The van der Waals surface area contributed by atoms with Crippen LogP contribution in [0.4, 0.5) is 0 Å². The van der Waals surface area contributed by atoms with Gasteiger partial charge in [0.2, 0.25) is 0 Å². The van der Waals surface area contributed by atoms with Crippen LogP contribution in [0.5, 0.6) is 11.5 Å². The minimum atomic E-state index is -1.14. The second-order valence-electron chi connectivity index (χ2n) is 11.0. The standard InChI is InChI=1S/C32H44O5S/c1-9-10-11-19-38-20-18-35-27-15-13-26(14-16-27)28(33)17-12-25-21-23(2)29(24(3)22-25)36-32(7,8)30(34)37-31(4,5)6/h12-17,21-22H,9-11,18-20H2,1-8H3/b17-12+. The molecule has 208 valence electrons. The Bertz CT molecular complexity index is 1070. The molecule has 2 rings (SSSR count). The second kappa shape index (κ2) is 14.4. The van der Waals surface area contributed by atoms with E-state index in [9.17, 15) is 9.59 Å². The number of hydrogen-bond acceptors (Lipinski definition) is 6. The molecule has 0 aromatic heterocycles. The van der Waals surface area contributed by atoms with Gasteiger partial charge in [0.15, 0.2) is 11.4 Å². The summed E-state index contributed by atoms with van der Waals surface area (Å²) in [6.07, 6.45) is 7.15. The lowest BCUT2D eigenvalue weighted by molar-refractivity contribution is -0.171. The van der Waals surface area contributed by atoms with E-state index in [1.165, 1.54) is 25.0 Å². The van der Waals surface area contributed by atoms with Crippen molar-refractivity contribution in [3.05, 3.63) is 64.7 Å². The Morgan fingerprint density at radius 1 is 0.921 bits per heavy atom. The summed E-state index contributed by atoms with van der Waals surface area (Å²) in [7, 11) is 0. The highest BCUT2D eigenvalue weighted by Gasteiger charge is 2.35. The van der Waals surface area contributed by atoms with Gasteiger partial charge in [0.05, 0.1) is 6.61 Å². The number of allylic oxidation sites excluding steroid dienone is 1. The van der Waals surface area contributed by atoms with Crippen LogP contribution in [-0.2, 0) is 9.53 Å². The molecule has 0 spiro atoms. The number of benzene rings is 2. The average Bonchev–Trinajstić information content (AvgIpc) is 2.83. The van der Waals surface area contributed by atoms with Crippen LogP contribution < -0.4 is 9.47 Å². The van der Waals surface area contributed by atoms with Crippen molar-refractivity contribution in [1.82, 2.24) is 0 Å². The van der Waals surface area contributed by atoms with Gasteiger partial charge >= 0.3 is 5.97 Å². The number of thioether (sulfide) groups is 1. The van der Waals surface area contributed by atoms with E-state index in [1.807, 2.05) is 70.6 Å². The highest BCUT2D eigenvalue weighted by molar-refractivity contribution is 7.99. The summed E-state index contributed by atoms with van der Waals surface area (Å²) in [6, 6.07) is 11.2. The summed E-state index contributed by atoms with van der Waals surface area (Å²) in [4.78, 5) is 25.3. The molecule has 0 heterocycles. The topological polar surface area (TPSA) is 61.8 Å². The van der Waals surface area contributed by atoms with Gasteiger partial charge in [-0.3, -0.25) is 4.79 Å². The molecule has 5 nitrogen and oxygen atoms in total. The van der Waals surface area contributed by atoms with E-state index < -0.39 is 17.2 Å². The molecule has 0 bridgehead atoms. The van der Waals surface area contributed by atoms with E-state index in [0.29, 0.717) is 17.9 Å². The third kappa shape index (κ3) is 10.6. The molecule has 0 aliphatic heterocycles. The quantitative estimate of drug-likeness (QED) is 0.105. The molecule has 0 saturated carbocycles. The molecular weight excluding hydrogens is 496 g/mol. The molecule has 0 aliphatic carbocycles. The Hall–Kier alpha value is -2.73. The lowest BCUT2D eigenvalue weighted by Gasteiger charge is -2.30. The molecule has 0 atom stereocenters. The predicted octanol–water partition coefficient (Wildman–Crippen LogP) is 8.00. The number of hydrogen-bond donors (Lipinski definition) is 0. The van der Waals surface area contributed by atoms with Crippen molar-refractivity contribution in [2.75, 3.05) is 18.1 Å². The third-order valence-corrected chi connectivity index (χ3v) is 6.72. The first kappa shape index (κ1) is 31.5. The molecular formula is C32H44O5S. The zero-order chi connectivity index (χ0) is 28.3. The van der Waals surface area contributed by atoms with E-state index in [2.05, 4.69) is 6.92 Å². The van der Waals surface area contributed by atoms with Gasteiger partial charge in [0.25, 0.3) is 0 Å². The fourth-order valence-corrected chi connectivity index (χ4v) is 4.51. The molecule has 0 N–H and O–H groups in total. The molecule has 2 aromatic rings. The van der Waals surface area contributed by atoms with Crippen molar-refractivity contribution in [2.24, 2.45) is 0 Å². The first-order valence-electron chi connectivity index (χ1n) is 13.4. The van der Waals surface area contributed by atoms with Crippen LogP contribution in [0.2, 0.25) is 0 Å². The van der Waals surface area contributed by atoms with Crippen LogP contribution in [0.3, 0.4) is 0 Å². The van der Waals surface area contributed by atoms with Gasteiger partial charge in [-0.2, -0.15) is 11.8 Å². The number of carbonyl (C=O) groups excluding carboxylic acids is 2. The molecule has 0 radical (unpaired) electrons. The average molecular weight is 541 g/mol. The van der Waals surface area contributed by atoms with Crippen molar-refractivity contribution < 1.29 is 23.8 Å². The number of ketones is 1. The number of aryl methyl sites for hydroxylation is 2. The van der Waals surface area contributed by atoms with Crippen molar-refractivity contribution in [2.45, 2.75) is 85.9 Å². The van der Waals surface area contributed by atoms with E-state index in [4.69, 9.17) is 14.2 Å². The minimum Gasteiger partial charge on any atom is -0.493 e. The summed E-state index contributed by atoms with van der Waals surface area (Å²) in [5, 5.41) is 0. The Morgan fingerprint density at radius 2 is 1.55 bits per heavy atom. The van der Waals surface area contributed by atoms with Crippen LogP contribution in [0, 0.1) is 13.8 Å². The van der Waals surface area contributed by atoms with E-state index in [-0.39, 0.29) is 5.78 Å². The van der Waals surface area contributed by atoms with E-state index >= 15 is 0 Å². The maximum atomic E-state index is 12.7. The molecule has 0 fully saturated rings. The lowest BCUT2D eigenvalue weighted by Crippen LogP contribution is -2.43. The first-order valence-corrected chi connectivity index (χ1v) is 14.5. The Labute approximate surface area is 233 Å². The van der Waals surface area contributed by atoms with Gasteiger partial charge in [0, 0.05) is 11.3 Å². The van der Waals surface area contributed by atoms with Crippen molar-refractivity contribution >= 4 is 29.6 Å². The second-order valence-corrected chi connectivity index (χ2v) is 12.2. The Kier molecular flexibility index (Phi) is 12.0. The molecule has 0 saturated heterocycles. The number of rotatable bonds is 14. The van der Waals surface area contributed by atoms with Crippen LogP contribution in [0.25, 0.3) is 6.08 Å². The van der Waals surface area contributed by atoms with Crippen LogP contribution in [0.15, 0.2) is 42.5 Å². The van der Waals surface area contributed by atoms with Gasteiger partial charge in [-0.05, 0) is 120 Å². The van der Waals surface area contributed by atoms with Gasteiger partial charge in [-0.1, -0.05) is 25.8 Å². The maximum Gasteiger partial charge on any atom is 0.350 e. The largest absolute Gasteiger partial charge is 0.493 e. The van der Waals surface area contributed by atoms with Crippen molar-refractivity contribution in [1.29, 1.82) is 0 Å². The lowest BCUT2D eigenvalue weighted by atomic mass is 10.0. The molecule has 0 aliphatic rings. The fourth-order valence-electron chi connectivity index (χ4n) is 3.70. The van der Waals surface area contributed by atoms with Gasteiger partial charge in [0.1, 0.15) is 17.1 Å². The monoisotopic (exact) mass is 540 g/mol. The van der Waals surface area contributed by atoms with E-state index in [1.54, 1.807) is 38.1 Å². The third-order valence-electron chi connectivity index (χ3n) is 5.68. The summed E-state index contributed by atoms with van der Waals surface area (Å²) in [6.45, 7) is 15.6. The highest BCUT2D eigenvalue weighted by Crippen LogP contribution is 2.30. The summed E-state index contributed by atoms with van der Waals surface area (Å²) >= 11 is 1.92.